The first-order valence-electron chi connectivity index (χ1n) is 20.1. The Bertz CT molecular complexity index is 2770. The fourth-order valence-electron chi connectivity index (χ4n) is 7.48. The number of amides is 4. The van der Waals surface area contributed by atoms with Gasteiger partial charge in [-0.05, 0) is 66.9 Å². The average molecular weight is 905 g/mol. The molecule has 64 heavy (non-hydrogen) atoms. The standard InChI is InChI=1S/C43H39F3N6O11S/c44-26-11-12-51(23-26)64(58,59)50-34-8-7-33(45)37(38(34)46)39(54)32-22-48-40-30(32)19-25(21-47-40)24-1-3-27(4-2-24)62-17-15-60-13-14-61-16-18-63-28-5-6-29-31(20-28)43(57)52(42(29)56)35-9-10-36(53)49-41(35)55/h1-8,19-22,26,35,50H,9-18,23H2,(H,47,48)(H,49,53,55)/t26-,35?/m1/s1. The molecule has 17 nitrogen and oxygen atoms in total. The van der Waals surface area contributed by atoms with Crippen LogP contribution in [0.15, 0.2) is 73.1 Å². The zero-order chi connectivity index (χ0) is 45.1. The molecule has 21 heteroatoms. The molecule has 3 aliphatic rings. The van der Waals surface area contributed by atoms with Crippen molar-refractivity contribution in [1.82, 2.24) is 24.5 Å². The molecular formula is C43H39F3N6O11S. The van der Waals surface area contributed by atoms with Crippen LogP contribution in [0, 0.1) is 11.6 Å². The van der Waals surface area contributed by atoms with E-state index in [1.807, 2.05) is 4.72 Å². The number of aromatic amines is 1. The smallest absolute Gasteiger partial charge is 0.301 e. The Hall–Kier alpha value is -6.68. The molecule has 3 aromatic carbocycles. The van der Waals surface area contributed by atoms with Gasteiger partial charge < -0.3 is 23.9 Å². The number of ether oxygens (including phenoxy) is 4. The van der Waals surface area contributed by atoms with Crippen LogP contribution in [-0.4, -0.2) is 122 Å². The van der Waals surface area contributed by atoms with E-state index in [1.165, 1.54) is 18.3 Å². The van der Waals surface area contributed by atoms with Gasteiger partial charge in [-0.3, -0.25) is 38.9 Å². The predicted octanol–water partition coefficient (Wildman–Crippen LogP) is 4.33. The van der Waals surface area contributed by atoms with Crippen LogP contribution < -0.4 is 19.5 Å². The number of hydrogen-bond donors (Lipinski definition) is 3. The third kappa shape index (κ3) is 9.18. The summed E-state index contributed by atoms with van der Waals surface area (Å²) in [6.07, 6.45) is 1.53. The van der Waals surface area contributed by atoms with E-state index in [4.69, 9.17) is 18.9 Å². The summed E-state index contributed by atoms with van der Waals surface area (Å²) >= 11 is 0. The van der Waals surface area contributed by atoms with Gasteiger partial charge in [0.25, 0.3) is 11.8 Å². The number of carbonyl (C=O) groups is 5. The van der Waals surface area contributed by atoms with E-state index in [2.05, 4.69) is 15.3 Å². The third-order valence-corrected chi connectivity index (χ3v) is 12.2. The number of aromatic nitrogens is 2. The molecular weight excluding hydrogens is 866 g/mol. The third-order valence-electron chi connectivity index (χ3n) is 10.7. The van der Waals surface area contributed by atoms with E-state index in [9.17, 15) is 36.8 Å². The number of ketones is 1. The van der Waals surface area contributed by atoms with Gasteiger partial charge in [0.2, 0.25) is 17.6 Å². The van der Waals surface area contributed by atoms with E-state index < -0.39 is 81.3 Å². The maximum Gasteiger partial charge on any atom is 0.301 e. The van der Waals surface area contributed by atoms with Crippen molar-refractivity contribution in [3.63, 3.8) is 0 Å². The second kappa shape index (κ2) is 18.6. The molecule has 2 aromatic heterocycles. The highest BCUT2D eigenvalue weighted by atomic mass is 32.2. The van der Waals surface area contributed by atoms with Gasteiger partial charge in [0, 0.05) is 48.4 Å². The Morgan fingerprint density at radius 3 is 2.22 bits per heavy atom. The van der Waals surface area contributed by atoms with Crippen LogP contribution in [-0.2, 0) is 29.3 Å². The number of H-pyrrole nitrogens is 1. The van der Waals surface area contributed by atoms with Crippen molar-refractivity contribution >= 4 is 56.3 Å². The van der Waals surface area contributed by atoms with Crippen LogP contribution in [0.5, 0.6) is 11.5 Å². The molecule has 0 spiro atoms. The molecule has 334 valence electrons. The van der Waals surface area contributed by atoms with Crippen molar-refractivity contribution in [2.45, 2.75) is 31.5 Å². The lowest BCUT2D eigenvalue weighted by Gasteiger charge is -2.27. The zero-order valence-electron chi connectivity index (χ0n) is 33.7. The van der Waals surface area contributed by atoms with Crippen LogP contribution in [0.2, 0.25) is 0 Å². The summed E-state index contributed by atoms with van der Waals surface area (Å²) in [5.41, 5.74) is 0.0793. The number of alkyl halides is 1. The van der Waals surface area contributed by atoms with E-state index >= 15 is 8.78 Å². The minimum Gasteiger partial charge on any atom is -0.491 e. The first kappa shape index (κ1) is 43.9. The number of piperidine rings is 1. The topological polar surface area (TPSA) is 216 Å². The van der Waals surface area contributed by atoms with E-state index in [0.717, 1.165) is 21.3 Å². The van der Waals surface area contributed by atoms with Crippen molar-refractivity contribution < 1.29 is 64.5 Å². The van der Waals surface area contributed by atoms with Crippen LogP contribution in [0.4, 0.5) is 18.9 Å². The Kier molecular flexibility index (Phi) is 12.8. The normalized spacial score (nSPS) is 17.8. The van der Waals surface area contributed by atoms with Crippen molar-refractivity contribution in [2.24, 2.45) is 0 Å². The molecule has 0 saturated carbocycles. The first-order valence-corrected chi connectivity index (χ1v) is 21.5. The lowest BCUT2D eigenvalue weighted by atomic mass is 10.00. The Morgan fingerprint density at radius 2 is 1.52 bits per heavy atom. The number of benzene rings is 3. The van der Waals surface area contributed by atoms with Crippen molar-refractivity contribution in [3.05, 3.63) is 107 Å². The molecule has 5 heterocycles. The van der Waals surface area contributed by atoms with Gasteiger partial charge in [0.1, 0.15) is 48.4 Å². The molecule has 0 bridgehead atoms. The molecule has 5 aromatic rings. The summed E-state index contributed by atoms with van der Waals surface area (Å²) in [7, 11) is -4.37. The lowest BCUT2D eigenvalue weighted by Crippen LogP contribution is -2.54. The number of rotatable bonds is 18. The number of pyridine rings is 1. The highest BCUT2D eigenvalue weighted by molar-refractivity contribution is 7.90. The van der Waals surface area contributed by atoms with E-state index in [0.29, 0.717) is 22.6 Å². The second-order valence-electron chi connectivity index (χ2n) is 14.9. The number of nitrogens with zero attached hydrogens (tertiary/aromatic N) is 3. The van der Waals surface area contributed by atoms with E-state index in [1.54, 1.807) is 42.6 Å². The highest BCUT2D eigenvalue weighted by Crippen LogP contribution is 2.32. The molecule has 1 unspecified atom stereocenters. The first-order chi connectivity index (χ1) is 30.8. The van der Waals surface area contributed by atoms with Crippen LogP contribution in [0.25, 0.3) is 22.2 Å². The number of imide groups is 2. The molecule has 0 radical (unpaired) electrons. The summed E-state index contributed by atoms with van der Waals surface area (Å²) in [5.74, 6) is -5.15. The monoisotopic (exact) mass is 904 g/mol. The SMILES string of the molecule is O=C1CCC(N2C(=O)c3ccc(OCCOCCOCCOc4ccc(-c5cnc6[nH]cc(C(=O)c7c(F)ccc(NS(=O)(=O)N8CC[C@@H](F)C8)c7F)c6c5)cc4)cc3C2=O)C(=O)N1. The van der Waals surface area contributed by atoms with E-state index in [-0.39, 0.29) is 93.2 Å². The molecule has 2 fully saturated rings. The predicted molar refractivity (Wildman–Crippen MR) is 221 cm³/mol. The van der Waals surface area contributed by atoms with Gasteiger partial charge in [-0.25, -0.2) is 18.2 Å². The maximum absolute atomic E-state index is 15.6. The van der Waals surface area contributed by atoms with Gasteiger partial charge in [-0.2, -0.15) is 12.7 Å². The summed E-state index contributed by atoms with van der Waals surface area (Å²) in [5, 5.41) is 2.43. The Labute approximate surface area is 363 Å². The number of carbonyl (C=O) groups excluding carboxylic acids is 5. The Balaban J connectivity index is 0.772. The minimum atomic E-state index is -4.37. The molecule has 2 saturated heterocycles. The fraction of sp³-hybridized carbons (Fsp3) is 0.302. The number of halogens is 3. The molecule has 4 amide bonds. The minimum absolute atomic E-state index is 0.0149. The summed E-state index contributed by atoms with van der Waals surface area (Å²) < 4.78 is 95.2. The van der Waals surface area contributed by atoms with Gasteiger partial charge in [0.15, 0.2) is 5.82 Å². The van der Waals surface area contributed by atoms with Crippen LogP contribution in [0.1, 0.15) is 55.9 Å². The molecule has 8 rings (SSSR count). The highest BCUT2D eigenvalue weighted by Gasteiger charge is 2.45. The largest absolute Gasteiger partial charge is 0.491 e. The summed E-state index contributed by atoms with van der Waals surface area (Å²) in [4.78, 5) is 71.3. The number of hydrogen-bond acceptors (Lipinski definition) is 12. The zero-order valence-corrected chi connectivity index (χ0v) is 34.6. The summed E-state index contributed by atoms with van der Waals surface area (Å²) in [6.45, 7) is 0.879. The quantitative estimate of drug-likeness (QED) is 0.0637. The second-order valence-corrected chi connectivity index (χ2v) is 16.6. The van der Waals surface area contributed by atoms with Crippen LogP contribution >= 0.6 is 0 Å². The van der Waals surface area contributed by atoms with Gasteiger partial charge in [-0.15, -0.1) is 0 Å². The van der Waals surface area contributed by atoms with Gasteiger partial charge in [-0.1, -0.05) is 12.1 Å². The number of nitrogens with one attached hydrogen (secondary N) is 3. The van der Waals surface area contributed by atoms with Gasteiger partial charge in [0.05, 0.1) is 48.8 Å². The van der Waals surface area contributed by atoms with Crippen molar-refractivity contribution in [3.8, 4) is 22.6 Å². The average Bonchev–Trinajstić information content (AvgIpc) is 3.98. The van der Waals surface area contributed by atoms with Crippen molar-refractivity contribution in [2.75, 3.05) is 57.5 Å². The van der Waals surface area contributed by atoms with Gasteiger partial charge >= 0.3 is 10.2 Å². The maximum atomic E-state index is 15.6. The van der Waals surface area contributed by atoms with Crippen LogP contribution in [0.3, 0.4) is 0 Å². The summed E-state index contributed by atoms with van der Waals surface area (Å²) in [6, 6.07) is 13.6. The molecule has 3 aliphatic heterocycles. The molecule has 3 N–H and O–H groups in total. The molecule has 2 atom stereocenters. The Morgan fingerprint density at radius 1 is 0.828 bits per heavy atom. The number of fused-ring (bicyclic) bond motifs is 2. The van der Waals surface area contributed by atoms with Crippen molar-refractivity contribution in [1.29, 1.82) is 0 Å². The lowest BCUT2D eigenvalue weighted by molar-refractivity contribution is -0.136. The fourth-order valence-corrected chi connectivity index (χ4v) is 8.74. The number of anilines is 1. The molecule has 0 aliphatic carbocycles.